The molecule has 6 rings (SSSR count). The normalized spacial score (nSPS) is 45.1. The van der Waals surface area contributed by atoms with Crippen molar-refractivity contribution in [3.63, 3.8) is 0 Å². The molecule has 0 aromatic rings. The number of carbonyl (C=O) groups is 3. The van der Waals surface area contributed by atoms with E-state index in [1.165, 1.54) is 25.7 Å². The zero-order valence-corrected chi connectivity index (χ0v) is 20.1. The van der Waals surface area contributed by atoms with Crippen LogP contribution in [0.15, 0.2) is 12.2 Å². The molecule has 5 heteroatoms. The van der Waals surface area contributed by atoms with Gasteiger partial charge < -0.3 is 9.47 Å². The average Bonchev–Trinajstić information content (AvgIpc) is 3.54. The molecule has 6 bridgehead atoms. The Balaban J connectivity index is 0.000000236. The Morgan fingerprint density at radius 3 is 1.91 bits per heavy atom. The Labute approximate surface area is 192 Å². The van der Waals surface area contributed by atoms with Gasteiger partial charge in [0.25, 0.3) is 0 Å². The van der Waals surface area contributed by atoms with Crippen LogP contribution in [-0.2, 0) is 23.9 Å². The van der Waals surface area contributed by atoms with E-state index >= 15 is 0 Å². The lowest BCUT2D eigenvalue weighted by Crippen LogP contribution is -2.44. The van der Waals surface area contributed by atoms with Crippen molar-refractivity contribution in [2.24, 2.45) is 59.2 Å². The molecule has 6 aliphatic carbocycles. The molecule has 0 aliphatic heterocycles. The number of rotatable bonds is 3. The van der Waals surface area contributed by atoms with Crippen LogP contribution in [0, 0.1) is 59.2 Å². The van der Waals surface area contributed by atoms with Crippen LogP contribution in [0.1, 0.15) is 72.6 Å². The van der Waals surface area contributed by atoms with Gasteiger partial charge in [0, 0.05) is 12.5 Å². The van der Waals surface area contributed by atoms with E-state index in [0.29, 0.717) is 11.5 Å². The minimum absolute atomic E-state index is 0.0995. The second-order valence-corrected chi connectivity index (χ2v) is 11.2. The average molecular weight is 445 g/mol. The first-order valence-electron chi connectivity index (χ1n) is 12.8. The fourth-order valence-corrected chi connectivity index (χ4v) is 9.18. The lowest BCUT2D eigenvalue weighted by atomic mass is 9.59. The van der Waals surface area contributed by atoms with Gasteiger partial charge in [0.2, 0.25) is 0 Å². The van der Waals surface area contributed by atoms with E-state index in [4.69, 9.17) is 4.74 Å². The van der Waals surface area contributed by atoms with Gasteiger partial charge in [-0.3, -0.25) is 9.59 Å². The molecule has 0 amide bonds. The molecule has 178 valence electrons. The first kappa shape index (κ1) is 23.5. The maximum Gasteiger partial charge on any atom is 0.333 e. The quantitative estimate of drug-likeness (QED) is 0.197. The van der Waals surface area contributed by atoms with E-state index in [1.54, 1.807) is 19.8 Å². The van der Waals surface area contributed by atoms with Crippen molar-refractivity contribution in [2.75, 3.05) is 0 Å². The maximum absolute atomic E-state index is 12.0. The van der Waals surface area contributed by atoms with Crippen LogP contribution in [0.3, 0.4) is 0 Å². The van der Waals surface area contributed by atoms with Gasteiger partial charge in [0.05, 0.1) is 0 Å². The molecule has 0 aromatic heterocycles. The summed E-state index contributed by atoms with van der Waals surface area (Å²) in [6.07, 6.45) is 10.1. The summed E-state index contributed by atoms with van der Waals surface area (Å²) in [5, 5.41) is 0. The summed E-state index contributed by atoms with van der Waals surface area (Å²) in [4.78, 5) is 30.8. The predicted molar refractivity (Wildman–Crippen MR) is 121 cm³/mol. The highest BCUT2D eigenvalue weighted by molar-refractivity contribution is 5.87. The molecule has 6 aliphatic rings. The standard InChI is InChI=1S/C21H28O2.C3H4O3.C3H8/c1-9(2)21(22)23-16-7-12-6-13(16)20-15-8-14(19(12)20)17-10-3-4-11(5-10)18(15)17;1-3(5)6-2-4;1-3-2/h10-20H,1,3-8H2,2H3;2H,1H3;3H2,1-2H3. The fourth-order valence-electron chi connectivity index (χ4n) is 9.18. The summed E-state index contributed by atoms with van der Waals surface area (Å²) in [6.45, 7) is 11.0. The molecular weight excluding hydrogens is 404 g/mol. The number of ether oxygens (including phenoxy) is 2. The highest BCUT2D eigenvalue weighted by Gasteiger charge is 2.71. The third-order valence-electron chi connectivity index (χ3n) is 9.46. The summed E-state index contributed by atoms with van der Waals surface area (Å²) in [6, 6.07) is 0. The minimum Gasteiger partial charge on any atom is -0.459 e. The molecule has 11 unspecified atom stereocenters. The van der Waals surface area contributed by atoms with Crippen molar-refractivity contribution in [1.82, 2.24) is 0 Å². The van der Waals surface area contributed by atoms with Gasteiger partial charge in [-0.15, -0.1) is 0 Å². The van der Waals surface area contributed by atoms with E-state index < -0.39 is 5.97 Å². The van der Waals surface area contributed by atoms with Crippen LogP contribution in [-0.4, -0.2) is 24.5 Å². The Morgan fingerprint density at radius 2 is 1.41 bits per heavy atom. The van der Waals surface area contributed by atoms with Crippen molar-refractivity contribution in [3.05, 3.63) is 12.2 Å². The zero-order valence-electron chi connectivity index (χ0n) is 20.1. The second-order valence-electron chi connectivity index (χ2n) is 11.2. The molecule has 0 radical (unpaired) electrons. The number of fused-ring (bicyclic) bond motifs is 16. The SMILES string of the molecule is C=C(C)C(=O)OC1CC2CC1C1C3CC(C4C5CCC(C5)C34)C21.CC(=O)OC=O.CCC. The minimum atomic E-state index is -0.579. The monoisotopic (exact) mass is 444 g/mol. The summed E-state index contributed by atoms with van der Waals surface area (Å²) >= 11 is 0. The number of esters is 2. The summed E-state index contributed by atoms with van der Waals surface area (Å²) in [7, 11) is 0. The molecule has 32 heavy (non-hydrogen) atoms. The lowest BCUT2D eigenvalue weighted by molar-refractivity contribution is -0.151. The molecule has 0 aromatic carbocycles. The van der Waals surface area contributed by atoms with Crippen LogP contribution < -0.4 is 0 Å². The maximum atomic E-state index is 12.0. The van der Waals surface area contributed by atoms with Crippen LogP contribution in [0.25, 0.3) is 0 Å². The Hall–Kier alpha value is -1.65. The lowest BCUT2D eigenvalue weighted by Gasteiger charge is -2.46. The predicted octanol–water partition coefficient (Wildman–Crippen LogP) is 5.18. The zero-order chi connectivity index (χ0) is 23.2. The van der Waals surface area contributed by atoms with Gasteiger partial charge in [-0.05, 0) is 105 Å². The Bertz CT molecular complexity index is 759. The van der Waals surface area contributed by atoms with Gasteiger partial charge in [-0.2, -0.15) is 0 Å². The van der Waals surface area contributed by atoms with Crippen molar-refractivity contribution in [3.8, 4) is 0 Å². The number of carbonyl (C=O) groups excluding carboxylic acids is 3. The second kappa shape index (κ2) is 9.30. The van der Waals surface area contributed by atoms with Gasteiger partial charge in [0.15, 0.2) is 0 Å². The van der Waals surface area contributed by atoms with E-state index in [-0.39, 0.29) is 18.5 Å². The molecule has 6 saturated carbocycles. The van der Waals surface area contributed by atoms with Gasteiger partial charge in [0.1, 0.15) is 6.10 Å². The van der Waals surface area contributed by atoms with Crippen LogP contribution in [0.5, 0.6) is 0 Å². The van der Waals surface area contributed by atoms with Gasteiger partial charge >= 0.3 is 18.4 Å². The molecule has 6 fully saturated rings. The highest BCUT2D eigenvalue weighted by atomic mass is 16.6. The Morgan fingerprint density at radius 1 is 0.844 bits per heavy atom. The summed E-state index contributed by atoms with van der Waals surface area (Å²) < 4.78 is 9.58. The van der Waals surface area contributed by atoms with E-state index in [9.17, 15) is 14.4 Å². The topological polar surface area (TPSA) is 69.7 Å². The molecule has 11 atom stereocenters. The largest absolute Gasteiger partial charge is 0.459 e. The molecule has 0 saturated heterocycles. The van der Waals surface area contributed by atoms with E-state index in [0.717, 1.165) is 66.6 Å². The fraction of sp³-hybridized carbons (Fsp3) is 0.815. The van der Waals surface area contributed by atoms with Crippen molar-refractivity contribution < 1.29 is 23.9 Å². The first-order valence-corrected chi connectivity index (χ1v) is 12.8. The van der Waals surface area contributed by atoms with E-state index in [1.807, 2.05) is 0 Å². The van der Waals surface area contributed by atoms with Crippen molar-refractivity contribution in [1.29, 1.82) is 0 Å². The molecule has 0 spiro atoms. The molecule has 0 N–H and O–H groups in total. The molecule has 0 heterocycles. The molecule has 5 nitrogen and oxygen atoms in total. The van der Waals surface area contributed by atoms with Gasteiger partial charge in [-0.25, -0.2) is 4.79 Å². The third-order valence-corrected chi connectivity index (χ3v) is 9.46. The summed E-state index contributed by atoms with van der Waals surface area (Å²) in [5.41, 5.74) is 0.561. The van der Waals surface area contributed by atoms with Crippen LogP contribution in [0.2, 0.25) is 0 Å². The number of hydrogen-bond donors (Lipinski definition) is 0. The number of hydrogen-bond acceptors (Lipinski definition) is 5. The van der Waals surface area contributed by atoms with Crippen molar-refractivity contribution >= 4 is 18.4 Å². The highest BCUT2D eigenvalue weighted by Crippen LogP contribution is 2.76. The van der Waals surface area contributed by atoms with Gasteiger partial charge in [-0.1, -0.05) is 26.8 Å². The smallest absolute Gasteiger partial charge is 0.333 e. The summed E-state index contributed by atoms with van der Waals surface area (Å²) in [5.74, 6) is 9.11. The van der Waals surface area contributed by atoms with Crippen LogP contribution >= 0.6 is 0 Å². The van der Waals surface area contributed by atoms with E-state index in [2.05, 4.69) is 25.2 Å². The third kappa shape index (κ3) is 3.84. The van der Waals surface area contributed by atoms with Crippen LogP contribution in [0.4, 0.5) is 0 Å². The Kier molecular flexibility index (Phi) is 6.84. The molecular formula is C27H40O5. The van der Waals surface area contributed by atoms with Crippen molar-refractivity contribution in [2.45, 2.75) is 78.7 Å². The first-order chi connectivity index (χ1) is 15.3.